The molecule has 1 heterocycles. The summed E-state index contributed by atoms with van der Waals surface area (Å²) in [4.78, 5) is 45.4. The van der Waals surface area contributed by atoms with E-state index in [4.69, 9.17) is 5.11 Å². The molecule has 3 N–H and O–H groups in total. The average Bonchev–Trinajstić information content (AvgIpc) is 2.50. The summed E-state index contributed by atoms with van der Waals surface area (Å²) < 4.78 is 53.7. The van der Waals surface area contributed by atoms with Crippen LogP contribution < -0.4 is 10.6 Å². The van der Waals surface area contributed by atoms with E-state index in [9.17, 15) is 36.7 Å². The van der Waals surface area contributed by atoms with Crippen LogP contribution in [0.15, 0.2) is 0 Å². The molecule has 3 amide bonds. The van der Waals surface area contributed by atoms with Gasteiger partial charge in [0.05, 0.1) is 5.56 Å². The zero-order chi connectivity index (χ0) is 18.2. The molecule has 2 rings (SSSR count). The van der Waals surface area contributed by atoms with E-state index in [1.54, 1.807) is 0 Å². The molecule has 0 radical (unpaired) electrons. The molecule has 1 saturated heterocycles. The summed E-state index contributed by atoms with van der Waals surface area (Å²) in [5, 5.41) is 12.5. The first-order chi connectivity index (χ1) is 11.1. The van der Waals surface area contributed by atoms with Crippen molar-refractivity contribution < 1.29 is 41.8 Å². The maximum Gasteiger partial charge on any atom is 0.339 e. The Morgan fingerprint density at radius 1 is 1.00 bits per heavy atom. The smallest absolute Gasteiger partial charge is 0.339 e. The number of carbonyl (C=O) groups is 4. The van der Waals surface area contributed by atoms with Gasteiger partial charge in [0.25, 0.3) is 5.91 Å². The topological polar surface area (TPSA) is 113 Å². The van der Waals surface area contributed by atoms with Crippen LogP contribution in [0.3, 0.4) is 0 Å². The van der Waals surface area contributed by atoms with Crippen molar-refractivity contribution in [2.45, 2.75) is 18.9 Å². The lowest BCUT2D eigenvalue weighted by Crippen LogP contribution is -2.52. The largest absolute Gasteiger partial charge is 0.478 e. The van der Waals surface area contributed by atoms with Gasteiger partial charge >= 0.3 is 5.97 Å². The third-order valence-corrected chi connectivity index (χ3v) is 3.25. The highest BCUT2D eigenvalue weighted by atomic mass is 19.2. The molecule has 0 spiro atoms. The number of carboxylic acid groups (broad SMARTS) is 1. The Morgan fingerprint density at radius 2 is 1.54 bits per heavy atom. The molecule has 0 bridgehead atoms. The highest BCUT2D eigenvalue weighted by molar-refractivity contribution is 6.08. The van der Waals surface area contributed by atoms with Crippen LogP contribution >= 0.6 is 0 Å². The van der Waals surface area contributed by atoms with E-state index in [1.807, 2.05) is 10.6 Å². The summed E-state index contributed by atoms with van der Waals surface area (Å²) in [5.74, 6) is -14.7. The maximum absolute atomic E-state index is 13.8. The zero-order valence-corrected chi connectivity index (χ0v) is 11.6. The predicted octanol–water partition coefficient (Wildman–Crippen LogP) is 0.476. The van der Waals surface area contributed by atoms with Crippen molar-refractivity contribution in [3.63, 3.8) is 0 Å². The Balaban J connectivity index is 2.44. The molecule has 1 unspecified atom stereocenters. The van der Waals surface area contributed by atoms with Crippen LogP contribution in [0, 0.1) is 23.3 Å². The normalized spacial score (nSPS) is 17.4. The Bertz CT molecular complexity index is 780. The van der Waals surface area contributed by atoms with Crippen LogP contribution in [0.2, 0.25) is 0 Å². The van der Waals surface area contributed by atoms with E-state index >= 15 is 0 Å². The van der Waals surface area contributed by atoms with Crippen molar-refractivity contribution in [2.75, 3.05) is 0 Å². The van der Waals surface area contributed by atoms with Crippen molar-refractivity contribution in [1.29, 1.82) is 0 Å². The Morgan fingerprint density at radius 3 is 2.04 bits per heavy atom. The first-order valence-corrected chi connectivity index (χ1v) is 6.39. The minimum Gasteiger partial charge on any atom is -0.478 e. The van der Waals surface area contributed by atoms with Gasteiger partial charge in [-0.15, -0.1) is 0 Å². The minimum absolute atomic E-state index is 0.170. The Kier molecular flexibility index (Phi) is 4.53. The quantitative estimate of drug-likeness (QED) is 0.318. The summed E-state index contributed by atoms with van der Waals surface area (Å²) >= 11 is 0. The van der Waals surface area contributed by atoms with Crippen molar-refractivity contribution >= 4 is 23.7 Å². The number of rotatable bonds is 3. The Hall–Kier alpha value is -2.98. The second-order valence-electron chi connectivity index (χ2n) is 4.79. The summed E-state index contributed by atoms with van der Waals surface area (Å²) in [7, 11) is 0. The molecule has 1 aromatic rings. The summed E-state index contributed by atoms with van der Waals surface area (Å²) in [5.41, 5.74) is -3.31. The average molecular weight is 348 g/mol. The second kappa shape index (κ2) is 6.26. The van der Waals surface area contributed by atoms with E-state index in [1.165, 1.54) is 0 Å². The fourth-order valence-corrected chi connectivity index (χ4v) is 2.11. The molecule has 1 aliphatic heterocycles. The number of amides is 3. The second-order valence-corrected chi connectivity index (χ2v) is 4.79. The molecule has 7 nitrogen and oxygen atoms in total. The van der Waals surface area contributed by atoms with Gasteiger partial charge in [0, 0.05) is 6.42 Å². The molecule has 0 aliphatic carbocycles. The van der Waals surface area contributed by atoms with Crippen LogP contribution in [0.25, 0.3) is 0 Å². The Labute approximate surface area is 130 Å². The first-order valence-electron chi connectivity index (χ1n) is 6.39. The van der Waals surface area contributed by atoms with Gasteiger partial charge in [-0.25, -0.2) is 22.4 Å². The van der Waals surface area contributed by atoms with Crippen LogP contribution in [-0.2, 0) is 9.59 Å². The van der Waals surface area contributed by atoms with E-state index < -0.39 is 64.1 Å². The summed E-state index contributed by atoms with van der Waals surface area (Å²) in [6, 6.07) is -1.35. The number of nitrogens with one attached hydrogen (secondary N) is 2. The molecule has 1 fully saturated rings. The number of carbonyl (C=O) groups excluding carboxylic acids is 3. The van der Waals surface area contributed by atoms with Gasteiger partial charge in [-0.05, 0) is 6.42 Å². The van der Waals surface area contributed by atoms with Gasteiger partial charge in [0.1, 0.15) is 11.6 Å². The number of halogens is 4. The summed E-state index contributed by atoms with van der Waals surface area (Å²) in [6.45, 7) is 0. The molecular weight excluding hydrogens is 340 g/mol. The molecular formula is C13H8F4N2O5. The predicted molar refractivity (Wildman–Crippen MR) is 66.9 cm³/mol. The number of hydrogen-bond acceptors (Lipinski definition) is 4. The van der Waals surface area contributed by atoms with Gasteiger partial charge in [-0.1, -0.05) is 0 Å². The molecule has 1 atom stereocenters. The van der Waals surface area contributed by atoms with Crippen molar-refractivity contribution in [3.8, 4) is 0 Å². The first kappa shape index (κ1) is 17.4. The number of benzene rings is 1. The molecule has 24 heavy (non-hydrogen) atoms. The number of hydrogen-bond donors (Lipinski definition) is 3. The van der Waals surface area contributed by atoms with E-state index in [0.29, 0.717) is 0 Å². The fourth-order valence-electron chi connectivity index (χ4n) is 2.11. The van der Waals surface area contributed by atoms with Gasteiger partial charge in [0.15, 0.2) is 23.3 Å². The monoisotopic (exact) mass is 348 g/mol. The van der Waals surface area contributed by atoms with Gasteiger partial charge in [0.2, 0.25) is 11.8 Å². The number of aromatic carboxylic acids is 1. The molecule has 0 saturated carbocycles. The third kappa shape index (κ3) is 2.92. The fraction of sp³-hybridized carbons (Fsp3) is 0.231. The molecule has 0 aromatic heterocycles. The molecule has 1 aromatic carbocycles. The van der Waals surface area contributed by atoms with Gasteiger partial charge in [-0.2, -0.15) is 0 Å². The van der Waals surface area contributed by atoms with Gasteiger partial charge < -0.3 is 10.4 Å². The SMILES string of the molecule is O=C1CCC(NC(=O)c2c(F)c(F)c(F)c(F)c2C(=O)O)C(=O)N1. The highest BCUT2D eigenvalue weighted by Gasteiger charge is 2.35. The molecule has 11 heteroatoms. The van der Waals surface area contributed by atoms with E-state index in [2.05, 4.69) is 0 Å². The van der Waals surface area contributed by atoms with Crippen LogP contribution in [0.5, 0.6) is 0 Å². The summed E-state index contributed by atoms with van der Waals surface area (Å²) in [6.07, 6.45) is -0.357. The van der Waals surface area contributed by atoms with Crippen molar-refractivity contribution in [1.82, 2.24) is 10.6 Å². The zero-order valence-electron chi connectivity index (χ0n) is 11.6. The van der Waals surface area contributed by atoms with Crippen molar-refractivity contribution in [3.05, 3.63) is 34.4 Å². The number of imide groups is 1. The van der Waals surface area contributed by atoms with Crippen LogP contribution in [-0.4, -0.2) is 34.8 Å². The lowest BCUT2D eigenvalue weighted by Gasteiger charge is -2.22. The number of carboxylic acids is 1. The molecule has 128 valence electrons. The van der Waals surface area contributed by atoms with E-state index in [-0.39, 0.29) is 12.8 Å². The standard InChI is InChI=1S/C13H8F4N2O5/c14-7-5(6(13(23)24)8(15)10(17)9(7)16)12(22)18-3-1-2-4(20)19-11(3)21/h3H,1-2H2,(H,18,22)(H,23,24)(H,19,20,21). The maximum atomic E-state index is 13.8. The van der Waals surface area contributed by atoms with E-state index in [0.717, 1.165) is 0 Å². The third-order valence-electron chi connectivity index (χ3n) is 3.25. The van der Waals surface area contributed by atoms with Crippen LogP contribution in [0.4, 0.5) is 17.6 Å². The molecule has 1 aliphatic rings. The van der Waals surface area contributed by atoms with Gasteiger partial charge in [-0.3, -0.25) is 19.7 Å². The van der Waals surface area contributed by atoms with Crippen LogP contribution in [0.1, 0.15) is 33.6 Å². The number of piperidine rings is 1. The lowest BCUT2D eigenvalue weighted by atomic mass is 10.0. The highest BCUT2D eigenvalue weighted by Crippen LogP contribution is 2.24. The minimum atomic E-state index is -2.39. The lowest BCUT2D eigenvalue weighted by molar-refractivity contribution is -0.134. The van der Waals surface area contributed by atoms with Crippen molar-refractivity contribution in [2.24, 2.45) is 0 Å².